The Morgan fingerprint density at radius 1 is 1.25 bits per heavy atom. The van der Waals surface area contributed by atoms with Crippen LogP contribution in [0.15, 0.2) is 36.1 Å². The summed E-state index contributed by atoms with van der Waals surface area (Å²) in [4.78, 5) is 10.6. The standard InChI is InChI=1S/C10H10O5S/c1-14-16(12,13)15-10(8-11)7-9-5-3-2-4-6-9/h2-8H,1H3/b10-7-. The summed E-state index contributed by atoms with van der Waals surface area (Å²) < 4.78 is 30.3. The van der Waals surface area contributed by atoms with Crippen molar-refractivity contribution in [2.24, 2.45) is 0 Å². The molecule has 0 aliphatic rings. The molecule has 0 aliphatic carbocycles. The lowest BCUT2D eigenvalue weighted by Gasteiger charge is -2.02. The maximum Gasteiger partial charge on any atom is 0.448 e. The predicted octanol–water partition coefficient (Wildman–Crippen LogP) is 1.13. The van der Waals surface area contributed by atoms with E-state index in [1.54, 1.807) is 30.3 Å². The molecule has 16 heavy (non-hydrogen) atoms. The van der Waals surface area contributed by atoms with Crippen LogP contribution in [0, 0.1) is 0 Å². The van der Waals surface area contributed by atoms with Crippen LogP contribution in [-0.2, 0) is 23.6 Å². The van der Waals surface area contributed by atoms with Gasteiger partial charge in [0.05, 0.1) is 7.11 Å². The summed E-state index contributed by atoms with van der Waals surface area (Å²) in [5.41, 5.74) is 0.649. The van der Waals surface area contributed by atoms with Crippen molar-refractivity contribution in [3.8, 4) is 0 Å². The second kappa shape index (κ2) is 5.43. The van der Waals surface area contributed by atoms with Gasteiger partial charge in [0.15, 0.2) is 12.0 Å². The normalized spacial score (nSPS) is 12.2. The van der Waals surface area contributed by atoms with Crippen LogP contribution in [0.5, 0.6) is 0 Å². The van der Waals surface area contributed by atoms with Crippen molar-refractivity contribution in [1.82, 2.24) is 0 Å². The van der Waals surface area contributed by atoms with Crippen molar-refractivity contribution in [3.05, 3.63) is 41.7 Å². The highest BCUT2D eigenvalue weighted by molar-refractivity contribution is 7.82. The molecular weight excluding hydrogens is 232 g/mol. The van der Waals surface area contributed by atoms with E-state index >= 15 is 0 Å². The number of benzene rings is 1. The maximum atomic E-state index is 10.9. The highest BCUT2D eigenvalue weighted by Gasteiger charge is 2.12. The fraction of sp³-hybridized carbons (Fsp3) is 0.100. The number of hydrogen-bond donors (Lipinski definition) is 0. The second-order valence-electron chi connectivity index (χ2n) is 2.73. The fourth-order valence-electron chi connectivity index (χ4n) is 0.943. The first-order chi connectivity index (χ1) is 7.57. The average molecular weight is 242 g/mol. The number of aldehydes is 1. The summed E-state index contributed by atoms with van der Waals surface area (Å²) in [5.74, 6) is -0.340. The van der Waals surface area contributed by atoms with Crippen LogP contribution in [0.1, 0.15) is 5.56 Å². The Morgan fingerprint density at radius 3 is 2.38 bits per heavy atom. The van der Waals surface area contributed by atoms with Crippen molar-refractivity contribution in [1.29, 1.82) is 0 Å². The summed E-state index contributed by atoms with van der Waals surface area (Å²) in [7, 11) is -3.21. The van der Waals surface area contributed by atoms with Crippen molar-refractivity contribution in [2.45, 2.75) is 0 Å². The van der Waals surface area contributed by atoms with E-state index in [1.807, 2.05) is 0 Å². The fourth-order valence-corrected chi connectivity index (χ4v) is 1.33. The lowest BCUT2D eigenvalue weighted by Crippen LogP contribution is -2.07. The van der Waals surface area contributed by atoms with Crippen LogP contribution in [0.4, 0.5) is 0 Å². The summed E-state index contributed by atoms with van der Waals surface area (Å²) in [6.07, 6.45) is 1.59. The minimum absolute atomic E-state index is 0.295. The molecular formula is C10H10O5S. The van der Waals surface area contributed by atoms with Gasteiger partial charge in [-0.3, -0.25) is 4.79 Å². The van der Waals surface area contributed by atoms with Gasteiger partial charge in [-0.15, -0.1) is 0 Å². The van der Waals surface area contributed by atoms with Gasteiger partial charge < -0.3 is 4.18 Å². The first-order valence-corrected chi connectivity index (χ1v) is 5.62. The maximum absolute atomic E-state index is 10.9. The molecule has 0 unspecified atom stereocenters. The summed E-state index contributed by atoms with van der Waals surface area (Å²) in [5, 5.41) is 0. The molecule has 86 valence electrons. The van der Waals surface area contributed by atoms with Crippen molar-refractivity contribution in [3.63, 3.8) is 0 Å². The molecule has 0 spiro atoms. The Balaban J connectivity index is 2.92. The van der Waals surface area contributed by atoms with Crippen LogP contribution >= 0.6 is 0 Å². The van der Waals surface area contributed by atoms with E-state index in [1.165, 1.54) is 6.08 Å². The van der Waals surface area contributed by atoms with E-state index in [2.05, 4.69) is 8.37 Å². The van der Waals surface area contributed by atoms with E-state index in [4.69, 9.17) is 0 Å². The van der Waals surface area contributed by atoms with Gasteiger partial charge in [0.2, 0.25) is 0 Å². The molecule has 0 saturated heterocycles. The Bertz CT molecular complexity index is 475. The molecule has 0 heterocycles. The van der Waals surface area contributed by atoms with E-state index < -0.39 is 10.4 Å². The molecule has 0 atom stereocenters. The molecule has 0 saturated carbocycles. The molecule has 0 amide bonds. The quantitative estimate of drug-likeness (QED) is 0.440. The van der Waals surface area contributed by atoms with Gasteiger partial charge in [0.25, 0.3) is 0 Å². The van der Waals surface area contributed by atoms with Crippen LogP contribution in [0.25, 0.3) is 6.08 Å². The SMILES string of the molecule is COS(=O)(=O)O/C(C=O)=C\c1ccccc1. The van der Waals surface area contributed by atoms with Crippen LogP contribution in [0.3, 0.4) is 0 Å². The molecule has 0 bridgehead atoms. The molecule has 1 aromatic rings. The molecule has 5 nitrogen and oxygen atoms in total. The molecule has 1 aromatic carbocycles. The average Bonchev–Trinajstić information content (AvgIpc) is 2.29. The summed E-state index contributed by atoms with van der Waals surface area (Å²) in [6, 6.07) is 8.70. The largest absolute Gasteiger partial charge is 0.448 e. The zero-order valence-corrected chi connectivity index (χ0v) is 9.31. The van der Waals surface area contributed by atoms with Crippen molar-refractivity contribution >= 4 is 22.8 Å². The van der Waals surface area contributed by atoms with E-state index in [-0.39, 0.29) is 5.76 Å². The minimum atomic E-state index is -4.15. The number of carbonyl (C=O) groups excluding carboxylic acids is 1. The lowest BCUT2D eigenvalue weighted by molar-refractivity contribution is -0.106. The third kappa shape index (κ3) is 3.84. The molecule has 0 aliphatic heterocycles. The Hall–Kier alpha value is -1.66. The van der Waals surface area contributed by atoms with Crippen molar-refractivity contribution < 1.29 is 21.6 Å². The van der Waals surface area contributed by atoms with Crippen LogP contribution in [-0.4, -0.2) is 21.8 Å². The minimum Gasteiger partial charge on any atom is -0.358 e. The van der Waals surface area contributed by atoms with Crippen molar-refractivity contribution in [2.75, 3.05) is 7.11 Å². The van der Waals surface area contributed by atoms with Gasteiger partial charge in [-0.1, -0.05) is 30.3 Å². The van der Waals surface area contributed by atoms with E-state index in [0.29, 0.717) is 11.8 Å². The van der Waals surface area contributed by atoms with E-state index in [0.717, 1.165) is 7.11 Å². The Morgan fingerprint density at radius 2 is 1.88 bits per heavy atom. The second-order valence-corrected chi connectivity index (χ2v) is 4.05. The zero-order chi connectivity index (χ0) is 12.0. The number of carbonyl (C=O) groups is 1. The Kier molecular flexibility index (Phi) is 4.21. The first kappa shape index (κ1) is 12.4. The molecule has 1 rings (SSSR count). The molecule has 0 radical (unpaired) electrons. The zero-order valence-electron chi connectivity index (χ0n) is 8.49. The van der Waals surface area contributed by atoms with Gasteiger partial charge in [-0.2, -0.15) is 8.42 Å². The third-order valence-electron chi connectivity index (χ3n) is 1.63. The topological polar surface area (TPSA) is 69.7 Å². The Labute approximate surface area is 93.6 Å². The van der Waals surface area contributed by atoms with Crippen LogP contribution in [0.2, 0.25) is 0 Å². The molecule has 0 aromatic heterocycles. The predicted molar refractivity (Wildman–Crippen MR) is 57.5 cm³/mol. The molecule has 0 N–H and O–H groups in total. The van der Waals surface area contributed by atoms with E-state index in [9.17, 15) is 13.2 Å². The summed E-state index contributed by atoms with van der Waals surface area (Å²) in [6.45, 7) is 0. The monoisotopic (exact) mass is 242 g/mol. The summed E-state index contributed by atoms with van der Waals surface area (Å²) >= 11 is 0. The first-order valence-electron chi connectivity index (χ1n) is 4.29. The highest BCUT2D eigenvalue weighted by atomic mass is 32.3. The highest BCUT2D eigenvalue weighted by Crippen LogP contribution is 2.09. The van der Waals surface area contributed by atoms with Gasteiger partial charge in [0, 0.05) is 0 Å². The number of rotatable bonds is 5. The van der Waals surface area contributed by atoms with Gasteiger partial charge in [-0.25, -0.2) is 4.18 Å². The molecule has 0 fully saturated rings. The smallest absolute Gasteiger partial charge is 0.358 e. The third-order valence-corrected chi connectivity index (χ3v) is 2.43. The number of hydrogen-bond acceptors (Lipinski definition) is 5. The molecule has 6 heteroatoms. The number of allylic oxidation sites excluding steroid dienone is 1. The van der Waals surface area contributed by atoms with Crippen LogP contribution < -0.4 is 0 Å². The van der Waals surface area contributed by atoms with Gasteiger partial charge >= 0.3 is 10.4 Å². The van der Waals surface area contributed by atoms with Gasteiger partial charge in [-0.05, 0) is 11.6 Å². The lowest BCUT2D eigenvalue weighted by atomic mass is 10.2. The van der Waals surface area contributed by atoms with Gasteiger partial charge in [0.1, 0.15) is 0 Å².